The molecule has 0 aliphatic heterocycles. The summed E-state index contributed by atoms with van der Waals surface area (Å²) < 4.78 is 0. The first-order valence-corrected chi connectivity index (χ1v) is 4.86. The molecule has 0 atom stereocenters. The van der Waals surface area contributed by atoms with Crippen LogP contribution in [0.25, 0.3) is 10.9 Å². The van der Waals surface area contributed by atoms with E-state index in [2.05, 4.69) is 29.2 Å². The maximum atomic E-state index is 5.51. The SMILES string of the molecule is Cc1ccc2cc(CCN)ccc2n1. The number of aryl methyl sites for hydroxylation is 1. The van der Waals surface area contributed by atoms with Gasteiger partial charge >= 0.3 is 0 Å². The third-order valence-corrected chi connectivity index (χ3v) is 2.33. The highest BCUT2D eigenvalue weighted by atomic mass is 14.7. The van der Waals surface area contributed by atoms with E-state index in [0.717, 1.165) is 17.6 Å². The van der Waals surface area contributed by atoms with Crippen molar-refractivity contribution in [1.82, 2.24) is 4.98 Å². The van der Waals surface area contributed by atoms with Crippen molar-refractivity contribution < 1.29 is 0 Å². The number of hydrogen-bond acceptors (Lipinski definition) is 2. The molecule has 0 aliphatic rings. The Kier molecular flexibility index (Phi) is 2.46. The molecule has 2 rings (SSSR count). The minimum Gasteiger partial charge on any atom is -0.330 e. The number of nitrogens with zero attached hydrogens (tertiary/aromatic N) is 1. The van der Waals surface area contributed by atoms with Gasteiger partial charge in [0.05, 0.1) is 5.52 Å². The third-order valence-electron chi connectivity index (χ3n) is 2.33. The van der Waals surface area contributed by atoms with Crippen LogP contribution in [0.2, 0.25) is 0 Å². The molecule has 2 nitrogen and oxygen atoms in total. The Labute approximate surface area is 83.8 Å². The summed E-state index contributed by atoms with van der Waals surface area (Å²) in [4.78, 5) is 4.45. The van der Waals surface area contributed by atoms with Crippen molar-refractivity contribution in [3.05, 3.63) is 41.6 Å². The van der Waals surface area contributed by atoms with Gasteiger partial charge in [-0.05, 0) is 43.7 Å². The van der Waals surface area contributed by atoms with Gasteiger partial charge in [0.15, 0.2) is 0 Å². The quantitative estimate of drug-likeness (QED) is 0.779. The van der Waals surface area contributed by atoms with Crippen LogP contribution in [0.1, 0.15) is 11.3 Å². The standard InChI is InChI=1S/C12H14N2/c1-9-2-4-11-8-10(6-7-13)3-5-12(11)14-9/h2-5,8H,6-7,13H2,1H3. The highest BCUT2D eigenvalue weighted by Gasteiger charge is 1.97. The van der Waals surface area contributed by atoms with Crippen molar-refractivity contribution in [1.29, 1.82) is 0 Å². The maximum Gasteiger partial charge on any atom is 0.0705 e. The predicted molar refractivity (Wildman–Crippen MR) is 59.2 cm³/mol. The van der Waals surface area contributed by atoms with E-state index in [1.165, 1.54) is 10.9 Å². The van der Waals surface area contributed by atoms with Crippen molar-refractivity contribution in [3.63, 3.8) is 0 Å². The van der Waals surface area contributed by atoms with E-state index in [-0.39, 0.29) is 0 Å². The van der Waals surface area contributed by atoms with Crippen LogP contribution in [0.15, 0.2) is 30.3 Å². The maximum absolute atomic E-state index is 5.51. The van der Waals surface area contributed by atoms with E-state index < -0.39 is 0 Å². The number of hydrogen-bond donors (Lipinski definition) is 1. The Morgan fingerprint density at radius 3 is 2.86 bits per heavy atom. The number of nitrogens with two attached hydrogens (primary N) is 1. The molecule has 0 fully saturated rings. The van der Waals surface area contributed by atoms with Crippen molar-refractivity contribution in [2.45, 2.75) is 13.3 Å². The van der Waals surface area contributed by atoms with Crippen molar-refractivity contribution in [3.8, 4) is 0 Å². The molecular weight excluding hydrogens is 172 g/mol. The lowest BCUT2D eigenvalue weighted by molar-refractivity contribution is 0.970. The fourth-order valence-electron chi connectivity index (χ4n) is 1.60. The van der Waals surface area contributed by atoms with Crippen LogP contribution in [0.3, 0.4) is 0 Å². The topological polar surface area (TPSA) is 38.9 Å². The van der Waals surface area contributed by atoms with Crippen LogP contribution in [0, 0.1) is 6.92 Å². The van der Waals surface area contributed by atoms with Gasteiger partial charge in [0, 0.05) is 11.1 Å². The highest BCUT2D eigenvalue weighted by molar-refractivity contribution is 5.79. The molecule has 0 bridgehead atoms. The van der Waals surface area contributed by atoms with E-state index in [1.807, 2.05) is 13.0 Å². The molecule has 0 amide bonds. The molecule has 1 aromatic carbocycles. The minimum atomic E-state index is 0.699. The lowest BCUT2D eigenvalue weighted by atomic mass is 10.1. The first-order valence-electron chi connectivity index (χ1n) is 4.86. The van der Waals surface area contributed by atoms with E-state index in [9.17, 15) is 0 Å². The van der Waals surface area contributed by atoms with Crippen LogP contribution in [0.5, 0.6) is 0 Å². The van der Waals surface area contributed by atoms with Crippen LogP contribution in [0.4, 0.5) is 0 Å². The molecule has 72 valence electrons. The molecule has 0 aliphatic carbocycles. The van der Waals surface area contributed by atoms with Crippen LogP contribution >= 0.6 is 0 Å². The molecule has 0 radical (unpaired) electrons. The molecule has 0 saturated heterocycles. The van der Waals surface area contributed by atoms with Gasteiger partial charge in [-0.3, -0.25) is 4.98 Å². The molecule has 1 heterocycles. The summed E-state index contributed by atoms with van der Waals surface area (Å²) in [5, 5.41) is 1.20. The molecule has 0 saturated carbocycles. The molecule has 14 heavy (non-hydrogen) atoms. The zero-order valence-electron chi connectivity index (χ0n) is 8.33. The number of rotatable bonds is 2. The van der Waals surface area contributed by atoms with Gasteiger partial charge in [0.25, 0.3) is 0 Å². The molecule has 0 unspecified atom stereocenters. The van der Waals surface area contributed by atoms with E-state index >= 15 is 0 Å². The number of pyridine rings is 1. The average molecular weight is 186 g/mol. The molecule has 2 N–H and O–H groups in total. The zero-order chi connectivity index (χ0) is 9.97. The van der Waals surface area contributed by atoms with Crippen LogP contribution in [-0.4, -0.2) is 11.5 Å². The van der Waals surface area contributed by atoms with Crippen LogP contribution in [-0.2, 0) is 6.42 Å². The Morgan fingerprint density at radius 2 is 2.07 bits per heavy atom. The summed E-state index contributed by atoms with van der Waals surface area (Å²) in [7, 11) is 0. The van der Waals surface area contributed by atoms with Gasteiger partial charge in [-0.1, -0.05) is 12.1 Å². The van der Waals surface area contributed by atoms with E-state index in [4.69, 9.17) is 5.73 Å². The zero-order valence-corrected chi connectivity index (χ0v) is 8.33. The van der Waals surface area contributed by atoms with Gasteiger partial charge in [0.2, 0.25) is 0 Å². The Balaban J connectivity index is 2.50. The van der Waals surface area contributed by atoms with Crippen molar-refractivity contribution >= 4 is 10.9 Å². The Hall–Kier alpha value is -1.41. The van der Waals surface area contributed by atoms with Crippen molar-refractivity contribution in [2.24, 2.45) is 5.73 Å². The summed E-state index contributed by atoms with van der Waals surface area (Å²) in [6, 6.07) is 10.5. The highest BCUT2D eigenvalue weighted by Crippen LogP contribution is 2.14. The third kappa shape index (κ3) is 1.75. The Morgan fingerprint density at radius 1 is 1.21 bits per heavy atom. The van der Waals surface area contributed by atoms with E-state index in [1.54, 1.807) is 0 Å². The summed E-state index contributed by atoms with van der Waals surface area (Å²) in [5.41, 5.74) is 8.92. The number of benzene rings is 1. The normalized spacial score (nSPS) is 10.7. The second-order valence-electron chi connectivity index (χ2n) is 3.52. The lowest BCUT2D eigenvalue weighted by Crippen LogP contribution is -2.02. The molecule has 2 heteroatoms. The fraction of sp³-hybridized carbons (Fsp3) is 0.250. The predicted octanol–water partition coefficient (Wildman–Crippen LogP) is 2.04. The molecule has 2 aromatic rings. The summed E-state index contributed by atoms with van der Waals surface area (Å²) in [6.45, 7) is 2.71. The van der Waals surface area contributed by atoms with E-state index in [0.29, 0.717) is 6.54 Å². The first-order chi connectivity index (χ1) is 6.79. The van der Waals surface area contributed by atoms with Gasteiger partial charge in [-0.15, -0.1) is 0 Å². The Bertz CT molecular complexity index is 449. The monoisotopic (exact) mass is 186 g/mol. The smallest absolute Gasteiger partial charge is 0.0705 e. The fourth-order valence-corrected chi connectivity index (χ4v) is 1.60. The van der Waals surface area contributed by atoms with Crippen molar-refractivity contribution in [2.75, 3.05) is 6.54 Å². The van der Waals surface area contributed by atoms with Gasteiger partial charge in [-0.2, -0.15) is 0 Å². The molecule has 1 aromatic heterocycles. The second kappa shape index (κ2) is 3.76. The summed E-state index contributed by atoms with van der Waals surface area (Å²) in [6.07, 6.45) is 0.934. The first kappa shape index (κ1) is 9.16. The summed E-state index contributed by atoms with van der Waals surface area (Å²) in [5.74, 6) is 0. The number of aromatic nitrogens is 1. The lowest BCUT2D eigenvalue weighted by Gasteiger charge is -2.02. The van der Waals surface area contributed by atoms with Gasteiger partial charge in [0.1, 0.15) is 0 Å². The van der Waals surface area contributed by atoms with Gasteiger partial charge in [-0.25, -0.2) is 0 Å². The average Bonchev–Trinajstić information content (AvgIpc) is 2.19. The second-order valence-corrected chi connectivity index (χ2v) is 3.52. The van der Waals surface area contributed by atoms with Gasteiger partial charge < -0.3 is 5.73 Å². The van der Waals surface area contributed by atoms with Crippen LogP contribution < -0.4 is 5.73 Å². The largest absolute Gasteiger partial charge is 0.330 e. The molecular formula is C12H14N2. The summed E-state index contributed by atoms with van der Waals surface area (Å²) >= 11 is 0. The number of fused-ring (bicyclic) bond motifs is 1. The molecule has 0 spiro atoms. The minimum absolute atomic E-state index is 0.699.